The molecular formula is C14H17NO. The fraction of sp³-hybridized carbons (Fsp3) is 0.429. The van der Waals surface area contributed by atoms with E-state index in [1.165, 1.54) is 0 Å². The molecule has 1 aromatic rings. The molecule has 1 aromatic carbocycles. The lowest BCUT2D eigenvalue weighted by molar-refractivity contribution is 0.0815. The van der Waals surface area contributed by atoms with Crippen molar-refractivity contribution in [3.63, 3.8) is 0 Å². The highest BCUT2D eigenvalue weighted by atomic mass is 16.3. The number of piperidine rings is 1. The van der Waals surface area contributed by atoms with Crippen LogP contribution in [-0.2, 0) is 0 Å². The van der Waals surface area contributed by atoms with Crippen LogP contribution in [0.1, 0.15) is 18.4 Å². The lowest BCUT2D eigenvalue weighted by atomic mass is 9.93. The van der Waals surface area contributed by atoms with Crippen molar-refractivity contribution < 1.29 is 5.11 Å². The number of aliphatic hydroxyl groups excluding tert-OH is 1. The third-order valence-electron chi connectivity index (χ3n) is 2.94. The second kappa shape index (κ2) is 5.69. The number of aliphatic hydroxyl groups is 1. The predicted molar refractivity (Wildman–Crippen MR) is 64.9 cm³/mol. The first-order chi connectivity index (χ1) is 7.86. The van der Waals surface area contributed by atoms with Crippen molar-refractivity contribution in [2.24, 2.45) is 5.92 Å². The molecule has 1 fully saturated rings. The van der Waals surface area contributed by atoms with Gasteiger partial charge in [-0.15, -0.1) is 0 Å². The van der Waals surface area contributed by atoms with E-state index in [0.29, 0.717) is 0 Å². The van der Waals surface area contributed by atoms with Crippen molar-refractivity contribution in [2.75, 3.05) is 13.1 Å². The van der Waals surface area contributed by atoms with E-state index in [-0.39, 0.29) is 12.0 Å². The Kier molecular flexibility index (Phi) is 3.98. The first-order valence-corrected chi connectivity index (χ1v) is 5.79. The molecule has 2 rings (SSSR count). The monoisotopic (exact) mass is 215 g/mol. The molecule has 2 atom stereocenters. The zero-order valence-corrected chi connectivity index (χ0v) is 9.32. The third kappa shape index (κ3) is 3.10. The standard InChI is InChI=1S/C14H17NO/c16-14-9-10-15-11-13(14)8-4-7-12-5-2-1-3-6-12/h1-3,5-6,13-16H,8-11H2. The van der Waals surface area contributed by atoms with Gasteiger partial charge in [-0.25, -0.2) is 0 Å². The molecule has 2 heteroatoms. The van der Waals surface area contributed by atoms with Crippen LogP contribution in [0.2, 0.25) is 0 Å². The molecule has 0 bridgehead atoms. The highest BCUT2D eigenvalue weighted by Gasteiger charge is 2.21. The maximum atomic E-state index is 9.76. The van der Waals surface area contributed by atoms with Crippen LogP contribution in [0.15, 0.2) is 30.3 Å². The second-order valence-electron chi connectivity index (χ2n) is 4.19. The Hall–Kier alpha value is -1.30. The maximum Gasteiger partial charge on any atom is 0.0601 e. The van der Waals surface area contributed by atoms with Crippen molar-refractivity contribution in [3.05, 3.63) is 35.9 Å². The Morgan fingerprint density at radius 3 is 2.88 bits per heavy atom. The van der Waals surface area contributed by atoms with Crippen LogP contribution in [0.25, 0.3) is 0 Å². The summed E-state index contributed by atoms with van der Waals surface area (Å²) in [4.78, 5) is 0. The highest BCUT2D eigenvalue weighted by Crippen LogP contribution is 2.14. The Morgan fingerprint density at radius 2 is 2.12 bits per heavy atom. The number of hydrogen-bond donors (Lipinski definition) is 2. The van der Waals surface area contributed by atoms with Crippen molar-refractivity contribution in [1.29, 1.82) is 0 Å². The molecule has 1 aliphatic rings. The van der Waals surface area contributed by atoms with Gasteiger partial charge in [0.15, 0.2) is 0 Å². The molecule has 0 aromatic heterocycles. The molecule has 2 unspecified atom stereocenters. The molecule has 1 heterocycles. The summed E-state index contributed by atoms with van der Waals surface area (Å²) >= 11 is 0. The SMILES string of the molecule is OC1CCNCC1CC#Cc1ccccc1. The Labute approximate surface area is 96.7 Å². The van der Waals surface area contributed by atoms with Gasteiger partial charge in [0.05, 0.1) is 6.10 Å². The number of nitrogens with one attached hydrogen (secondary N) is 1. The van der Waals surface area contributed by atoms with Gasteiger partial charge in [-0.3, -0.25) is 0 Å². The van der Waals surface area contributed by atoms with E-state index < -0.39 is 0 Å². The fourth-order valence-corrected chi connectivity index (χ4v) is 1.92. The maximum absolute atomic E-state index is 9.76. The van der Waals surface area contributed by atoms with E-state index in [0.717, 1.165) is 31.5 Å². The minimum absolute atomic E-state index is 0.189. The molecule has 84 valence electrons. The van der Waals surface area contributed by atoms with E-state index in [1.54, 1.807) is 0 Å². The third-order valence-corrected chi connectivity index (χ3v) is 2.94. The van der Waals surface area contributed by atoms with E-state index in [2.05, 4.69) is 17.2 Å². The van der Waals surface area contributed by atoms with Gasteiger partial charge in [-0.2, -0.15) is 0 Å². The quantitative estimate of drug-likeness (QED) is 0.694. The highest BCUT2D eigenvalue weighted by molar-refractivity contribution is 5.33. The lowest BCUT2D eigenvalue weighted by Crippen LogP contribution is -2.39. The fourth-order valence-electron chi connectivity index (χ4n) is 1.92. The normalized spacial score (nSPS) is 24.6. The molecule has 2 nitrogen and oxygen atoms in total. The first-order valence-electron chi connectivity index (χ1n) is 5.79. The predicted octanol–water partition coefficient (Wildman–Crippen LogP) is 1.40. The summed E-state index contributed by atoms with van der Waals surface area (Å²) in [5, 5.41) is 13.0. The van der Waals surface area contributed by atoms with Gasteiger partial charge in [0, 0.05) is 24.4 Å². The van der Waals surface area contributed by atoms with Crippen molar-refractivity contribution in [1.82, 2.24) is 5.32 Å². The summed E-state index contributed by atoms with van der Waals surface area (Å²) in [6.45, 7) is 1.80. The molecule has 0 spiro atoms. The summed E-state index contributed by atoms with van der Waals surface area (Å²) in [5.74, 6) is 6.56. The smallest absolute Gasteiger partial charge is 0.0601 e. The van der Waals surface area contributed by atoms with Crippen molar-refractivity contribution in [3.8, 4) is 11.8 Å². The van der Waals surface area contributed by atoms with E-state index >= 15 is 0 Å². The summed E-state index contributed by atoms with van der Waals surface area (Å²) in [7, 11) is 0. The van der Waals surface area contributed by atoms with Crippen LogP contribution in [-0.4, -0.2) is 24.3 Å². The van der Waals surface area contributed by atoms with Gasteiger partial charge in [0.1, 0.15) is 0 Å². The lowest BCUT2D eigenvalue weighted by Gasteiger charge is -2.26. The molecular weight excluding hydrogens is 198 g/mol. The largest absolute Gasteiger partial charge is 0.393 e. The first kappa shape index (κ1) is 11.2. The molecule has 16 heavy (non-hydrogen) atoms. The Balaban J connectivity index is 1.89. The van der Waals surface area contributed by atoms with Crippen LogP contribution in [0.3, 0.4) is 0 Å². The summed E-state index contributed by atoms with van der Waals surface area (Å²) in [5.41, 5.74) is 1.04. The summed E-state index contributed by atoms with van der Waals surface area (Å²) in [6, 6.07) is 9.97. The van der Waals surface area contributed by atoms with Crippen LogP contribution in [0.5, 0.6) is 0 Å². The van der Waals surface area contributed by atoms with Crippen molar-refractivity contribution in [2.45, 2.75) is 18.9 Å². The van der Waals surface area contributed by atoms with Gasteiger partial charge in [0.25, 0.3) is 0 Å². The van der Waals surface area contributed by atoms with Gasteiger partial charge in [-0.05, 0) is 25.1 Å². The summed E-state index contributed by atoms with van der Waals surface area (Å²) in [6.07, 6.45) is 1.42. The number of benzene rings is 1. The molecule has 0 amide bonds. The number of rotatable bonds is 1. The van der Waals surface area contributed by atoms with E-state index in [1.807, 2.05) is 30.3 Å². The second-order valence-corrected chi connectivity index (χ2v) is 4.19. The average Bonchev–Trinajstić information content (AvgIpc) is 2.33. The van der Waals surface area contributed by atoms with Gasteiger partial charge in [0.2, 0.25) is 0 Å². The molecule has 1 aliphatic heterocycles. The van der Waals surface area contributed by atoms with Gasteiger partial charge >= 0.3 is 0 Å². The molecule has 0 radical (unpaired) electrons. The van der Waals surface area contributed by atoms with Crippen LogP contribution in [0, 0.1) is 17.8 Å². The Bertz CT molecular complexity index is 377. The zero-order chi connectivity index (χ0) is 11.2. The minimum atomic E-state index is -0.189. The molecule has 0 aliphatic carbocycles. The molecule has 1 saturated heterocycles. The topological polar surface area (TPSA) is 32.3 Å². The Morgan fingerprint density at radius 1 is 1.31 bits per heavy atom. The van der Waals surface area contributed by atoms with Gasteiger partial charge < -0.3 is 10.4 Å². The van der Waals surface area contributed by atoms with E-state index in [9.17, 15) is 5.11 Å². The van der Waals surface area contributed by atoms with Crippen LogP contribution >= 0.6 is 0 Å². The van der Waals surface area contributed by atoms with Crippen LogP contribution < -0.4 is 5.32 Å². The van der Waals surface area contributed by atoms with E-state index in [4.69, 9.17) is 0 Å². The molecule has 2 N–H and O–H groups in total. The summed E-state index contributed by atoms with van der Waals surface area (Å²) < 4.78 is 0. The zero-order valence-electron chi connectivity index (χ0n) is 9.32. The van der Waals surface area contributed by atoms with Crippen LogP contribution in [0.4, 0.5) is 0 Å². The number of hydrogen-bond acceptors (Lipinski definition) is 2. The van der Waals surface area contributed by atoms with Crippen molar-refractivity contribution >= 4 is 0 Å². The molecule has 0 saturated carbocycles. The van der Waals surface area contributed by atoms with Gasteiger partial charge in [-0.1, -0.05) is 30.0 Å². The average molecular weight is 215 g/mol. The minimum Gasteiger partial charge on any atom is -0.393 e.